The summed E-state index contributed by atoms with van der Waals surface area (Å²) in [4.78, 5) is 0. The first kappa shape index (κ1) is 16.0. The Bertz CT molecular complexity index is 30.5. The summed E-state index contributed by atoms with van der Waals surface area (Å²) in [7, 11) is 0. The molecule has 0 saturated heterocycles. The van der Waals surface area contributed by atoms with Crippen molar-refractivity contribution in [1.29, 1.82) is 0 Å². The summed E-state index contributed by atoms with van der Waals surface area (Å²) in [5.74, 6) is 0. The summed E-state index contributed by atoms with van der Waals surface area (Å²) < 4.78 is 25.3. The van der Waals surface area contributed by atoms with Crippen LogP contribution < -0.4 is 0 Å². The van der Waals surface area contributed by atoms with E-state index in [1.54, 1.807) is 0 Å². The summed E-state index contributed by atoms with van der Waals surface area (Å²) in [5, 5.41) is 0. The summed E-state index contributed by atoms with van der Waals surface area (Å²) in [5.41, 5.74) is 0. The van der Waals surface area contributed by atoms with Crippen LogP contribution in [0.25, 0.3) is 0 Å². The molecule has 0 rings (SSSR count). The van der Waals surface area contributed by atoms with E-state index in [2.05, 4.69) is 0 Å². The first-order valence-electron chi connectivity index (χ1n) is 0.500. The molecule has 0 unspecified atom stereocenters. The van der Waals surface area contributed by atoms with Crippen LogP contribution in [0.4, 0.5) is 0 Å². The van der Waals surface area contributed by atoms with Crippen molar-refractivity contribution in [2.45, 2.75) is 0 Å². The largest absolute Gasteiger partial charge is 4.00 e. The van der Waals surface area contributed by atoms with E-state index in [0.717, 1.165) is 0 Å². The summed E-state index contributed by atoms with van der Waals surface area (Å²) >= 11 is -3.11. The topological polar surface area (TPSA) is 91.7 Å². The Kier molecular flexibility index (Phi) is 24.3. The minimum Gasteiger partial charge on any atom is -2.00 e. The van der Waals surface area contributed by atoms with Crippen LogP contribution in [-0.2, 0) is 33.9 Å². The van der Waals surface area contributed by atoms with Crippen LogP contribution in [0, 0.1) is 0 Å². The van der Waals surface area contributed by atoms with Crippen molar-refractivity contribution >= 4 is 11.4 Å². The van der Waals surface area contributed by atoms with E-state index in [1.165, 1.54) is 0 Å². The van der Waals surface area contributed by atoms with Crippen molar-refractivity contribution in [2.24, 2.45) is 0 Å². The number of hydrogen-bond acceptors (Lipinski definition) is 3. The first-order valence-corrected chi connectivity index (χ1v) is 1.50. The third kappa shape index (κ3) is 190. The van der Waals surface area contributed by atoms with Gasteiger partial charge in [-0.3, -0.25) is 4.21 Å². The molecule has 4 nitrogen and oxygen atoms in total. The smallest absolute Gasteiger partial charge is 2.00 e. The SMILES string of the molecule is O=S([O-])[O-].[Fe+4].[O-2]. The van der Waals surface area contributed by atoms with Gasteiger partial charge in [-0.1, -0.05) is 0 Å². The average molecular weight is 152 g/mol. The maximum absolute atomic E-state index is 8.44. The second-order valence-electron chi connectivity index (χ2n) is 0.204. The zero-order valence-electron chi connectivity index (χ0n) is 2.39. The van der Waals surface area contributed by atoms with Gasteiger partial charge in [-0.2, -0.15) is 0 Å². The van der Waals surface area contributed by atoms with Crippen molar-refractivity contribution in [3.8, 4) is 0 Å². The normalized spacial score (nSPS) is 5.83. The minimum atomic E-state index is -3.11. The van der Waals surface area contributed by atoms with E-state index >= 15 is 0 Å². The Morgan fingerprint density at radius 1 is 1.33 bits per heavy atom. The van der Waals surface area contributed by atoms with Gasteiger partial charge >= 0.3 is 17.1 Å². The van der Waals surface area contributed by atoms with Gasteiger partial charge in [0.2, 0.25) is 0 Å². The van der Waals surface area contributed by atoms with Crippen LogP contribution in [-0.4, -0.2) is 13.3 Å². The Labute approximate surface area is 47.8 Å². The van der Waals surface area contributed by atoms with Crippen molar-refractivity contribution < 1.29 is 35.9 Å². The molecule has 38 valence electrons. The molecule has 0 bridgehead atoms. The van der Waals surface area contributed by atoms with E-state index in [9.17, 15) is 0 Å². The molecule has 0 amide bonds. The van der Waals surface area contributed by atoms with Crippen LogP contribution in [0.15, 0.2) is 0 Å². The molecule has 0 aliphatic heterocycles. The molecule has 0 saturated carbocycles. The molecule has 0 spiro atoms. The van der Waals surface area contributed by atoms with Crippen LogP contribution in [0.3, 0.4) is 0 Å². The van der Waals surface area contributed by atoms with Crippen molar-refractivity contribution in [3.05, 3.63) is 0 Å². The van der Waals surface area contributed by atoms with Gasteiger partial charge in [-0.25, -0.2) is 0 Å². The van der Waals surface area contributed by atoms with E-state index < -0.39 is 11.4 Å². The monoisotopic (exact) mass is 152 g/mol. The van der Waals surface area contributed by atoms with Gasteiger partial charge in [-0.05, 0) is 0 Å². The molecule has 0 aliphatic rings. The van der Waals surface area contributed by atoms with Gasteiger partial charge in [0.25, 0.3) is 0 Å². The molecule has 0 heterocycles. The molecule has 0 fully saturated rings. The van der Waals surface area contributed by atoms with Crippen LogP contribution in [0.2, 0.25) is 0 Å². The number of hydrogen-bond donors (Lipinski definition) is 0. The van der Waals surface area contributed by atoms with Gasteiger partial charge < -0.3 is 14.6 Å². The van der Waals surface area contributed by atoms with Crippen LogP contribution in [0.5, 0.6) is 0 Å². The van der Waals surface area contributed by atoms with Gasteiger partial charge in [0.1, 0.15) is 0 Å². The van der Waals surface area contributed by atoms with Crippen molar-refractivity contribution in [2.75, 3.05) is 0 Å². The quantitative estimate of drug-likeness (QED) is 0.324. The molecule has 0 N–H and O–H groups in total. The Morgan fingerprint density at radius 2 is 1.33 bits per heavy atom. The minimum absolute atomic E-state index is 0. The summed E-state index contributed by atoms with van der Waals surface area (Å²) in [6.45, 7) is 0. The fourth-order valence-electron chi connectivity index (χ4n) is 0. The van der Waals surface area contributed by atoms with Crippen LogP contribution >= 0.6 is 0 Å². The van der Waals surface area contributed by atoms with Gasteiger partial charge in [0.15, 0.2) is 0 Å². The maximum Gasteiger partial charge on any atom is 4.00 e. The first-order chi connectivity index (χ1) is 1.73. The summed E-state index contributed by atoms with van der Waals surface area (Å²) in [6.07, 6.45) is 0. The molecule has 0 aromatic carbocycles. The third-order valence-corrected chi connectivity index (χ3v) is 0. The van der Waals surface area contributed by atoms with E-state index in [4.69, 9.17) is 13.3 Å². The Balaban J connectivity index is -0.0000000450. The molecule has 0 radical (unpaired) electrons. The molecular weight excluding hydrogens is 152 g/mol. The van der Waals surface area contributed by atoms with Crippen molar-refractivity contribution in [1.82, 2.24) is 0 Å². The molecule has 0 aromatic rings. The molecule has 6 heteroatoms. The second kappa shape index (κ2) is 9.12. The molecular formula is FeO4S. The second-order valence-corrected chi connectivity index (χ2v) is 0.612. The fourth-order valence-corrected chi connectivity index (χ4v) is 0. The third-order valence-electron chi connectivity index (χ3n) is 0. The van der Waals surface area contributed by atoms with E-state index in [1.807, 2.05) is 0 Å². The molecule has 0 aliphatic carbocycles. The molecule has 0 atom stereocenters. The van der Waals surface area contributed by atoms with Crippen LogP contribution in [0.1, 0.15) is 0 Å². The molecule has 6 heavy (non-hydrogen) atoms. The standard InChI is InChI=1S/Fe.H2O3S.O/c;1-4(2)3;/h;(H2,1,2,3);/q+4;;-2/p-2. The van der Waals surface area contributed by atoms with E-state index in [-0.39, 0.29) is 22.5 Å². The number of rotatable bonds is 0. The molecule has 0 aromatic heterocycles. The zero-order valence-corrected chi connectivity index (χ0v) is 4.32. The maximum atomic E-state index is 8.44. The van der Waals surface area contributed by atoms with Gasteiger partial charge in [0, 0.05) is 0 Å². The predicted octanol–water partition coefficient (Wildman–Crippen LogP) is -1.13. The predicted molar refractivity (Wildman–Crippen MR) is 10.4 cm³/mol. The van der Waals surface area contributed by atoms with Crippen molar-refractivity contribution in [3.63, 3.8) is 0 Å². The average Bonchev–Trinajstić information content (AvgIpc) is 0.811. The zero-order chi connectivity index (χ0) is 3.58. The Morgan fingerprint density at radius 3 is 1.33 bits per heavy atom. The van der Waals surface area contributed by atoms with Gasteiger partial charge in [0.05, 0.1) is 0 Å². The Hall–Kier alpha value is 0.549. The van der Waals surface area contributed by atoms with E-state index in [0.29, 0.717) is 0 Å². The fraction of sp³-hybridized carbons (Fsp3) is 0. The van der Waals surface area contributed by atoms with Gasteiger partial charge in [-0.15, -0.1) is 11.4 Å². The summed E-state index contributed by atoms with van der Waals surface area (Å²) in [6, 6.07) is 0.